The molecule has 146 valence electrons. The molecule has 1 heterocycles. The van der Waals surface area contributed by atoms with E-state index in [0.717, 1.165) is 11.1 Å². The maximum atomic E-state index is 13.4. The van der Waals surface area contributed by atoms with E-state index in [0.29, 0.717) is 6.54 Å². The number of carbonyl (C=O) groups is 3. The first-order valence-corrected chi connectivity index (χ1v) is 9.34. The van der Waals surface area contributed by atoms with Gasteiger partial charge in [-0.3, -0.25) is 14.4 Å². The average molecular weight is 380 g/mol. The zero-order valence-electron chi connectivity index (χ0n) is 15.8. The first kappa shape index (κ1) is 19.6. The van der Waals surface area contributed by atoms with Crippen LogP contribution in [0.1, 0.15) is 18.1 Å². The Morgan fingerprint density at radius 2 is 1.54 bits per heavy atom. The highest BCUT2D eigenvalue weighted by Gasteiger charge is 2.40. The molecule has 2 amide bonds. The van der Waals surface area contributed by atoms with Crippen LogP contribution in [0.3, 0.4) is 0 Å². The van der Waals surface area contributed by atoms with Crippen molar-refractivity contribution in [1.82, 2.24) is 9.80 Å². The van der Waals surface area contributed by atoms with Gasteiger partial charge in [-0.25, -0.2) is 0 Å². The Bertz CT molecular complexity index is 838. The molecule has 0 radical (unpaired) electrons. The number of nitrogens with zero attached hydrogens (tertiary/aromatic N) is 2. The third-order valence-electron chi connectivity index (χ3n) is 4.97. The van der Waals surface area contributed by atoms with E-state index in [1.54, 1.807) is 11.8 Å². The van der Waals surface area contributed by atoms with E-state index in [9.17, 15) is 19.5 Å². The SMILES string of the molecule is C[C@H]1CN(Cc2ccccc2)C(=O)[C@H](Cc2ccccc2)N(CC(=O)O)C1=O. The standard InChI is InChI=1S/C22H24N2O4/c1-16-13-23(14-18-10-6-3-7-11-18)22(28)19(12-17-8-4-2-5-9-17)24(21(16)27)15-20(25)26/h2-11,16,19H,12-15H2,1H3,(H,25,26)/t16-,19-/m0/s1. The van der Waals surface area contributed by atoms with Crippen LogP contribution in [-0.4, -0.2) is 51.8 Å². The zero-order valence-corrected chi connectivity index (χ0v) is 15.8. The van der Waals surface area contributed by atoms with Crippen LogP contribution < -0.4 is 0 Å². The van der Waals surface area contributed by atoms with Crippen LogP contribution in [0.25, 0.3) is 0 Å². The number of carbonyl (C=O) groups excluding carboxylic acids is 2. The van der Waals surface area contributed by atoms with Crippen molar-refractivity contribution in [3.63, 3.8) is 0 Å². The Hall–Kier alpha value is -3.15. The van der Waals surface area contributed by atoms with Gasteiger partial charge >= 0.3 is 5.97 Å². The highest BCUT2D eigenvalue weighted by Crippen LogP contribution is 2.22. The van der Waals surface area contributed by atoms with Gasteiger partial charge < -0.3 is 14.9 Å². The monoisotopic (exact) mass is 380 g/mol. The lowest BCUT2D eigenvalue weighted by molar-refractivity contribution is -0.149. The number of amides is 2. The maximum Gasteiger partial charge on any atom is 0.323 e. The van der Waals surface area contributed by atoms with E-state index in [4.69, 9.17) is 0 Å². The van der Waals surface area contributed by atoms with Crippen LogP contribution in [0.15, 0.2) is 60.7 Å². The van der Waals surface area contributed by atoms with Crippen molar-refractivity contribution in [2.24, 2.45) is 5.92 Å². The van der Waals surface area contributed by atoms with E-state index < -0.39 is 24.5 Å². The minimum Gasteiger partial charge on any atom is -0.480 e. The first-order chi connectivity index (χ1) is 13.5. The second kappa shape index (κ2) is 8.69. The largest absolute Gasteiger partial charge is 0.480 e. The number of benzene rings is 2. The minimum atomic E-state index is -1.12. The van der Waals surface area contributed by atoms with E-state index in [-0.39, 0.29) is 24.8 Å². The Morgan fingerprint density at radius 1 is 0.964 bits per heavy atom. The zero-order chi connectivity index (χ0) is 20.1. The van der Waals surface area contributed by atoms with E-state index in [1.807, 2.05) is 60.7 Å². The average Bonchev–Trinajstić information content (AvgIpc) is 2.76. The lowest BCUT2D eigenvalue weighted by Gasteiger charge is -2.30. The lowest BCUT2D eigenvalue weighted by Crippen LogP contribution is -2.50. The third kappa shape index (κ3) is 4.57. The van der Waals surface area contributed by atoms with Crippen LogP contribution in [0.5, 0.6) is 0 Å². The maximum absolute atomic E-state index is 13.4. The molecule has 0 aromatic heterocycles. The first-order valence-electron chi connectivity index (χ1n) is 9.34. The molecule has 1 saturated heterocycles. The van der Waals surface area contributed by atoms with Gasteiger partial charge in [0.15, 0.2) is 0 Å². The molecular weight excluding hydrogens is 356 g/mol. The van der Waals surface area contributed by atoms with Gasteiger partial charge in [-0.1, -0.05) is 67.6 Å². The molecule has 3 rings (SSSR count). The summed E-state index contributed by atoms with van der Waals surface area (Å²) in [5.74, 6) is -2.10. The summed E-state index contributed by atoms with van der Waals surface area (Å²) in [6.07, 6.45) is 0.288. The fraction of sp³-hybridized carbons (Fsp3) is 0.318. The van der Waals surface area contributed by atoms with Crippen LogP contribution in [0.2, 0.25) is 0 Å². The molecule has 1 aliphatic heterocycles. The molecule has 0 saturated carbocycles. The normalized spacial score (nSPS) is 20.2. The molecule has 28 heavy (non-hydrogen) atoms. The second-order valence-electron chi connectivity index (χ2n) is 7.17. The van der Waals surface area contributed by atoms with E-state index in [1.165, 1.54) is 4.90 Å². The van der Waals surface area contributed by atoms with Crippen molar-refractivity contribution in [3.05, 3.63) is 71.8 Å². The Morgan fingerprint density at radius 3 is 2.11 bits per heavy atom. The highest BCUT2D eigenvalue weighted by atomic mass is 16.4. The summed E-state index contributed by atoms with van der Waals surface area (Å²) in [6, 6.07) is 18.1. The van der Waals surface area contributed by atoms with Gasteiger partial charge in [0.05, 0.1) is 5.92 Å². The molecule has 0 unspecified atom stereocenters. The van der Waals surface area contributed by atoms with Gasteiger partial charge in [-0.2, -0.15) is 0 Å². The summed E-state index contributed by atoms with van der Waals surface area (Å²) in [5.41, 5.74) is 1.86. The Balaban J connectivity index is 1.94. The fourth-order valence-electron chi connectivity index (χ4n) is 3.59. The van der Waals surface area contributed by atoms with Crippen molar-refractivity contribution >= 4 is 17.8 Å². The lowest BCUT2D eigenvalue weighted by atomic mass is 10.0. The van der Waals surface area contributed by atoms with Crippen molar-refractivity contribution in [2.75, 3.05) is 13.1 Å². The molecule has 1 aliphatic rings. The molecular formula is C22H24N2O4. The van der Waals surface area contributed by atoms with Crippen LogP contribution in [-0.2, 0) is 27.3 Å². The molecule has 0 bridgehead atoms. The van der Waals surface area contributed by atoms with Crippen molar-refractivity contribution in [1.29, 1.82) is 0 Å². The van der Waals surface area contributed by atoms with Gasteiger partial charge in [0.2, 0.25) is 11.8 Å². The molecule has 1 fully saturated rings. The molecule has 2 aromatic carbocycles. The minimum absolute atomic E-state index is 0.216. The Labute approximate surface area is 164 Å². The number of hydrogen-bond donors (Lipinski definition) is 1. The Kier molecular flexibility index (Phi) is 6.09. The van der Waals surface area contributed by atoms with Gasteiger partial charge in [-0.15, -0.1) is 0 Å². The predicted molar refractivity (Wildman–Crippen MR) is 104 cm³/mol. The summed E-state index contributed by atoms with van der Waals surface area (Å²) in [6.45, 7) is 1.93. The van der Waals surface area contributed by atoms with E-state index in [2.05, 4.69) is 0 Å². The number of rotatable bonds is 6. The van der Waals surface area contributed by atoms with Gasteiger partial charge in [0.25, 0.3) is 0 Å². The molecule has 6 heteroatoms. The van der Waals surface area contributed by atoms with Crippen molar-refractivity contribution in [2.45, 2.75) is 25.9 Å². The quantitative estimate of drug-likeness (QED) is 0.833. The van der Waals surface area contributed by atoms with Crippen LogP contribution in [0, 0.1) is 5.92 Å². The fourth-order valence-corrected chi connectivity index (χ4v) is 3.59. The van der Waals surface area contributed by atoms with E-state index >= 15 is 0 Å². The van der Waals surface area contributed by atoms with Crippen molar-refractivity contribution < 1.29 is 19.5 Å². The molecule has 2 atom stereocenters. The summed E-state index contributed by atoms with van der Waals surface area (Å²) < 4.78 is 0. The smallest absolute Gasteiger partial charge is 0.323 e. The third-order valence-corrected chi connectivity index (χ3v) is 4.97. The molecule has 2 aromatic rings. The topological polar surface area (TPSA) is 77.9 Å². The van der Waals surface area contributed by atoms with Gasteiger partial charge in [0, 0.05) is 19.5 Å². The number of carboxylic acid groups (broad SMARTS) is 1. The number of carboxylic acids is 1. The molecule has 0 aliphatic carbocycles. The number of aliphatic carboxylic acids is 1. The molecule has 6 nitrogen and oxygen atoms in total. The van der Waals surface area contributed by atoms with Gasteiger partial charge in [-0.05, 0) is 11.1 Å². The van der Waals surface area contributed by atoms with Gasteiger partial charge in [0.1, 0.15) is 12.6 Å². The van der Waals surface area contributed by atoms with Crippen LogP contribution in [0.4, 0.5) is 0 Å². The summed E-state index contributed by atoms with van der Waals surface area (Å²) in [4.78, 5) is 40.6. The molecule has 0 spiro atoms. The summed E-state index contributed by atoms with van der Waals surface area (Å²) >= 11 is 0. The summed E-state index contributed by atoms with van der Waals surface area (Å²) in [5, 5.41) is 9.31. The van der Waals surface area contributed by atoms with Crippen LogP contribution >= 0.6 is 0 Å². The predicted octanol–water partition coefficient (Wildman–Crippen LogP) is 2.19. The highest BCUT2D eigenvalue weighted by molar-refractivity contribution is 5.93. The number of hydrogen-bond acceptors (Lipinski definition) is 3. The summed E-state index contributed by atoms with van der Waals surface area (Å²) in [7, 11) is 0. The molecule has 1 N–H and O–H groups in total. The van der Waals surface area contributed by atoms with Crippen molar-refractivity contribution in [3.8, 4) is 0 Å². The second-order valence-corrected chi connectivity index (χ2v) is 7.17.